The predicted molar refractivity (Wildman–Crippen MR) is 80.5 cm³/mol. The SMILES string of the molecule is CC1(C)OC(=O)/C(=C/C(=O)CONCc2ccc(C(=O)O)cc2)O1. The average Bonchev–Trinajstić information content (AvgIpc) is 2.76. The number of carboxylic acids is 1. The van der Waals surface area contributed by atoms with Crippen molar-refractivity contribution in [2.24, 2.45) is 0 Å². The largest absolute Gasteiger partial charge is 0.478 e. The highest BCUT2D eigenvalue weighted by atomic mass is 16.8. The molecule has 2 rings (SSSR count). The monoisotopic (exact) mass is 335 g/mol. The third-order valence-corrected chi connectivity index (χ3v) is 2.98. The van der Waals surface area contributed by atoms with Gasteiger partial charge in [0, 0.05) is 26.5 Å². The Balaban J connectivity index is 1.75. The van der Waals surface area contributed by atoms with E-state index in [9.17, 15) is 14.4 Å². The Kier molecular flexibility index (Phi) is 5.32. The predicted octanol–water partition coefficient (Wildman–Crippen LogP) is 1.17. The van der Waals surface area contributed by atoms with Gasteiger partial charge in [-0.2, -0.15) is 5.48 Å². The van der Waals surface area contributed by atoms with Crippen molar-refractivity contribution >= 4 is 17.7 Å². The molecule has 128 valence electrons. The van der Waals surface area contributed by atoms with Crippen LogP contribution in [0.25, 0.3) is 0 Å². The van der Waals surface area contributed by atoms with Gasteiger partial charge in [-0.15, -0.1) is 0 Å². The van der Waals surface area contributed by atoms with Crippen LogP contribution in [0.15, 0.2) is 36.1 Å². The number of hydrogen-bond donors (Lipinski definition) is 2. The topological polar surface area (TPSA) is 111 Å². The fourth-order valence-electron chi connectivity index (χ4n) is 1.90. The molecule has 0 radical (unpaired) electrons. The van der Waals surface area contributed by atoms with E-state index >= 15 is 0 Å². The maximum absolute atomic E-state index is 11.7. The zero-order chi connectivity index (χ0) is 17.7. The number of carbonyl (C=O) groups excluding carboxylic acids is 2. The Morgan fingerprint density at radius 1 is 1.25 bits per heavy atom. The molecule has 1 fully saturated rings. The van der Waals surface area contributed by atoms with Crippen molar-refractivity contribution in [3.8, 4) is 0 Å². The molecular weight excluding hydrogens is 318 g/mol. The molecule has 8 nitrogen and oxygen atoms in total. The number of nitrogens with one attached hydrogen (secondary N) is 1. The normalized spacial score (nSPS) is 17.4. The Hall–Kier alpha value is -2.71. The summed E-state index contributed by atoms with van der Waals surface area (Å²) in [7, 11) is 0. The van der Waals surface area contributed by atoms with Gasteiger partial charge >= 0.3 is 11.9 Å². The lowest BCUT2D eigenvalue weighted by Crippen LogP contribution is -2.20. The molecule has 0 amide bonds. The van der Waals surface area contributed by atoms with E-state index in [2.05, 4.69) is 5.48 Å². The molecule has 24 heavy (non-hydrogen) atoms. The van der Waals surface area contributed by atoms with E-state index in [0.29, 0.717) is 0 Å². The minimum atomic E-state index is -1.08. The summed E-state index contributed by atoms with van der Waals surface area (Å²) in [6.07, 6.45) is 1.03. The second kappa shape index (κ2) is 7.24. The van der Waals surface area contributed by atoms with Crippen molar-refractivity contribution in [2.75, 3.05) is 6.61 Å². The van der Waals surface area contributed by atoms with Crippen molar-refractivity contribution in [3.63, 3.8) is 0 Å². The van der Waals surface area contributed by atoms with Crippen molar-refractivity contribution < 1.29 is 33.8 Å². The molecule has 1 heterocycles. The van der Waals surface area contributed by atoms with Crippen molar-refractivity contribution in [3.05, 3.63) is 47.2 Å². The van der Waals surface area contributed by atoms with Crippen LogP contribution in [-0.4, -0.2) is 35.2 Å². The summed E-state index contributed by atoms with van der Waals surface area (Å²) in [5.41, 5.74) is 3.55. The summed E-state index contributed by atoms with van der Waals surface area (Å²) in [6.45, 7) is 3.11. The first-order valence-corrected chi connectivity index (χ1v) is 7.10. The molecular formula is C16H17NO7. The second-order valence-corrected chi connectivity index (χ2v) is 5.48. The molecule has 0 unspecified atom stereocenters. The Morgan fingerprint density at radius 2 is 1.92 bits per heavy atom. The summed E-state index contributed by atoms with van der Waals surface area (Å²) in [6, 6.07) is 6.21. The Bertz CT molecular complexity index is 676. The molecule has 1 aromatic rings. The number of carboxylic acid groups (broad SMARTS) is 1. The van der Waals surface area contributed by atoms with Crippen molar-refractivity contribution in [1.82, 2.24) is 5.48 Å². The Labute approximate surface area is 138 Å². The number of esters is 1. The third kappa shape index (κ3) is 4.90. The highest BCUT2D eigenvalue weighted by Crippen LogP contribution is 2.25. The number of cyclic esters (lactones) is 1. The molecule has 0 atom stereocenters. The smallest absolute Gasteiger partial charge is 0.377 e. The molecule has 0 spiro atoms. The standard InChI is InChI=1S/C16H17NO7/c1-16(2)23-13(15(21)24-16)7-12(18)9-22-17-8-10-3-5-11(6-4-10)14(19)20/h3-7,17H,8-9H2,1-2H3,(H,19,20)/b13-7-. The van der Waals surface area contributed by atoms with Gasteiger partial charge in [-0.05, 0) is 17.7 Å². The lowest BCUT2D eigenvalue weighted by atomic mass is 10.1. The number of aromatic carboxylic acids is 1. The van der Waals surface area contributed by atoms with Gasteiger partial charge in [0.1, 0.15) is 6.61 Å². The van der Waals surface area contributed by atoms with Crippen molar-refractivity contribution in [1.29, 1.82) is 0 Å². The van der Waals surface area contributed by atoms with E-state index in [1.165, 1.54) is 12.1 Å². The minimum Gasteiger partial charge on any atom is -0.478 e. The van der Waals surface area contributed by atoms with Crippen LogP contribution < -0.4 is 5.48 Å². The van der Waals surface area contributed by atoms with Gasteiger partial charge in [0.05, 0.1) is 5.56 Å². The molecule has 0 aromatic heterocycles. The summed E-state index contributed by atoms with van der Waals surface area (Å²) < 4.78 is 10.1. The van der Waals surface area contributed by atoms with Crippen LogP contribution in [0.4, 0.5) is 0 Å². The fourth-order valence-corrected chi connectivity index (χ4v) is 1.90. The first-order chi connectivity index (χ1) is 11.3. The van der Waals surface area contributed by atoms with Gasteiger partial charge < -0.3 is 14.6 Å². The summed E-state index contributed by atoms with van der Waals surface area (Å²) in [4.78, 5) is 38.9. The number of ketones is 1. The molecule has 0 bridgehead atoms. The van der Waals surface area contributed by atoms with Gasteiger partial charge in [-0.3, -0.25) is 9.63 Å². The van der Waals surface area contributed by atoms with Crippen LogP contribution in [0.1, 0.15) is 29.8 Å². The van der Waals surface area contributed by atoms with Crippen molar-refractivity contribution in [2.45, 2.75) is 26.2 Å². The van der Waals surface area contributed by atoms with Gasteiger partial charge in [-0.25, -0.2) is 9.59 Å². The number of rotatable bonds is 7. The second-order valence-electron chi connectivity index (χ2n) is 5.48. The Morgan fingerprint density at radius 3 is 2.46 bits per heavy atom. The zero-order valence-corrected chi connectivity index (χ0v) is 13.2. The number of ether oxygens (including phenoxy) is 2. The summed E-state index contributed by atoms with van der Waals surface area (Å²) in [5, 5.41) is 8.79. The van der Waals surface area contributed by atoms with E-state index in [-0.39, 0.29) is 24.5 Å². The van der Waals surface area contributed by atoms with E-state index in [0.717, 1.165) is 11.6 Å². The maximum Gasteiger partial charge on any atom is 0.377 e. The average molecular weight is 335 g/mol. The van der Waals surface area contributed by atoms with E-state index in [4.69, 9.17) is 19.4 Å². The third-order valence-electron chi connectivity index (χ3n) is 2.98. The van der Waals surface area contributed by atoms with Crippen LogP contribution in [0.3, 0.4) is 0 Å². The van der Waals surface area contributed by atoms with E-state index < -0.39 is 23.5 Å². The minimum absolute atomic E-state index is 0.155. The summed E-state index contributed by atoms with van der Waals surface area (Å²) >= 11 is 0. The molecule has 0 aliphatic carbocycles. The lowest BCUT2D eigenvalue weighted by Gasteiger charge is -2.13. The van der Waals surface area contributed by atoms with E-state index in [1.54, 1.807) is 26.0 Å². The summed E-state index contributed by atoms with van der Waals surface area (Å²) in [5.74, 6) is -3.39. The maximum atomic E-state index is 11.7. The highest BCUT2D eigenvalue weighted by Gasteiger charge is 2.37. The molecule has 0 saturated carbocycles. The lowest BCUT2D eigenvalue weighted by molar-refractivity contribution is -0.159. The first-order valence-electron chi connectivity index (χ1n) is 7.10. The van der Waals surface area contributed by atoms with Crippen LogP contribution in [0, 0.1) is 0 Å². The molecule has 1 aliphatic heterocycles. The molecule has 1 aromatic carbocycles. The molecule has 1 aliphatic rings. The number of hydroxylamine groups is 1. The zero-order valence-electron chi connectivity index (χ0n) is 13.2. The number of carbonyl (C=O) groups is 3. The van der Waals surface area contributed by atoms with Crippen LogP contribution >= 0.6 is 0 Å². The number of hydrogen-bond acceptors (Lipinski definition) is 7. The van der Waals surface area contributed by atoms with Gasteiger partial charge in [0.15, 0.2) is 5.78 Å². The van der Waals surface area contributed by atoms with Crippen LogP contribution in [-0.2, 0) is 30.4 Å². The van der Waals surface area contributed by atoms with Gasteiger partial charge in [-0.1, -0.05) is 12.1 Å². The van der Waals surface area contributed by atoms with Gasteiger partial charge in [0.2, 0.25) is 11.5 Å². The number of benzene rings is 1. The van der Waals surface area contributed by atoms with Gasteiger partial charge in [0.25, 0.3) is 0 Å². The van der Waals surface area contributed by atoms with E-state index in [1.807, 2.05) is 0 Å². The molecule has 8 heteroatoms. The fraction of sp³-hybridized carbons (Fsp3) is 0.312. The first kappa shape index (κ1) is 17.6. The highest BCUT2D eigenvalue weighted by molar-refractivity contribution is 5.99. The quantitative estimate of drug-likeness (QED) is 0.331. The van der Waals surface area contributed by atoms with Crippen LogP contribution in [0.5, 0.6) is 0 Å². The molecule has 2 N–H and O–H groups in total. The van der Waals surface area contributed by atoms with Crippen LogP contribution in [0.2, 0.25) is 0 Å². The molecule has 1 saturated heterocycles.